The molecule has 28 heavy (non-hydrogen) atoms. The second-order valence-corrected chi connectivity index (χ2v) is 7.65. The van der Waals surface area contributed by atoms with E-state index in [1.807, 2.05) is 24.3 Å². The van der Waals surface area contributed by atoms with Gasteiger partial charge >= 0.3 is 6.09 Å². The molecule has 1 amide bonds. The van der Waals surface area contributed by atoms with Crippen LogP contribution in [0.4, 0.5) is 4.79 Å². The Hall–Kier alpha value is -2.67. The average molecular weight is 440 g/mol. The van der Waals surface area contributed by atoms with Crippen molar-refractivity contribution in [2.75, 3.05) is 19.7 Å². The van der Waals surface area contributed by atoms with Gasteiger partial charge in [0.25, 0.3) is 0 Å². The molecule has 0 bridgehead atoms. The minimum absolute atomic E-state index is 0.0760. The molecule has 0 unspecified atom stereocenters. The second-order valence-electron chi connectivity index (χ2n) is 7.09. The lowest BCUT2D eigenvalue weighted by Gasteiger charge is -2.36. The van der Waals surface area contributed by atoms with Crippen molar-refractivity contribution in [1.82, 2.24) is 15.0 Å². The summed E-state index contributed by atoms with van der Waals surface area (Å²) in [7, 11) is 0. The molecule has 6 nitrogen and oxygen atoms in total. The summed E-state index contributed by atoms with van der Waals surface area (Å²) in [6.07, 6.45) is -0.290. The molecule has 2 aliphatic rings. The lowest BCUT2D eigenvalue weighted by Crippen LogP contribution is -2.49. The number of rotatable bonds is 4. The quantitative estimate of drug-likeness (QED) is 0.566. The van der Waals surface area contributed by atoms with E-state index in [9.17, 15) is 4.79 Å². The Morgan fingerprint density at radius 2 is 1.75 bits per heavy atom. The topological polar surface area (TPSA) is 68.5 Å². The molecule has 1 aliphatic heterocycles. The van der Waals surface area contributed by atoms with Gasteiger partial charge in [-0.15, -0.1) is 0 Å². The van der Waals surface area contributed by atoms with Crippen molar-refractivity contribution < 1.29 is 14.1 Å². The third kappa shape index (κ3) is 2.90. The molecule has 0 spiro atoms. The fraction of sp³-hybridized carbons (Fsp3) is 0.286. The molecule has 1 aliphatic carbocycles. The summed E-state index contributed by atoms with van der Waals surface area (Å²) in [5, 5.41) is 4.50. The molecule has 142 valence electrons. The Morgan fingerprint density at radius 1 is 1.11 bits per heavy atom. The van der Waals surface area contributed by atoms with Crippen molar-refractivity contribution in [3.05, 3.63) is 71.4 Å². The van der Waals surface area contributed by atoms with Crippen LogP contribution in [0.15, 0.2) is 53.1 Å². The maximum Gasteiger partial charge on any atom is 0.409 e. The summed E-state index contributed by atoms with van der Waals surface area (Å²) >= 11 is 3.29. The van der Waals surface area contributed by atoms with Gasteiger partial charge < -0.3 is 14.2 Å². The largest absolute Gasteiger partial charge is 0.448 e. The molecular formula is C21H18BrN3O3. The van der Waals surface area contributed by atoms with Crippen LogP contribution in [-0.4, -0.2) is 40.8 Å². The summed E-state index contributed by atoms with van der Waals surface area (Å²) in [4.78, 5) is 18.5. The molecule has 3 aromatic rings. The molecule has 0 radical (unpaired) electrons. The number of aromatic nitrogens is 2. The third-order valence-corrected chi connectivity index (χ3v) is 5.92. The summed E-state index contributed by atoms with van der Waals surface area (Å²) in [6.45, 7) is 1.44. The van der Waals surface area contributed by atoms with Gasteiger partial charge in [-0.3, -0.25) is 0 Å². The zero-order valence-electron chi connectivity index (χ0n) is 15.0. The lowest BCUT2D eigenvalue weighted by molar-refractivity contribution is 0.0677. The van der Waals surface area contributed by atoms with Gasteiger partial charge in [0.2, 0.25) is 5.89 Å². The van der Waals surface area contributed by atoms with Gasteiger partial charge in [0.05, 0.1) is 11.2 Å². The van der Waals surface area contributed by atoms with Crippen LogP contribution in [-0.2, 0) is 10.1 Å². The Morgan fingerprint density at radius 3 is 2.36 bits per heavy atom. The van der Waals surface area contributed by atoms with Crippen LogP contribution in [0.2, 0.25) is 0 Å². The van der Waals surface area contributed by atoms with E-state index in [1.165, 1.54) is 22.3 Å². The Bertz CT molecular complexity index is 983. The summed E-state index contributed by atoms with van der Waals surface area (Å²) in [5.74, 6) is 1.39. The van der Waals surface area contributed by atoms with Crippen LogP contribution < -0.4 is 0 Å². The monoisotopic (exact) mass is 439 g/mol. The van der Waals surface area contributed by atoms with E-state index in [0.29, 0.717) is 36.7 Å². The standard InChI is InChI=1S/C21H18BrN3O3/c22-9-19-23-20(24-28-19)13-10-25(11-13)21(26)27-12-18-16-7-3-1-5-14(16)15-6-2-4-8-17(15)18/h1-8,13,18H,9-12H2. The Balaban J connectivity index is 1.23. The van der Waals surface area contributed by atoms with Gasteiger partial charge in [-0.1, -0.05) is 69.6 Å². The molecule has 1 aromatic heterocycles. The molecular weight excluding hydrogens is 422 g/mol. The molecule has 7 heteroatoms. The first-order valence-corrected chi connectivity index (χ1v) is 10.3. The summed E-state index contributed by atoms with van der Waals surface area (Å²) < 4.78 is 10.8. The van der Waals surface area contributed by atoms with Crippen molar-refractivity contribution in [3.63, 3.8) is 0 Å². The average Bonchev–Trinajstić information content (AvgIpc) is 3.28. The Kier molecular flexibility index (Phi) is 4.39. The second kappa shape index (κ2) is 7.05. The number of carbonyl (C=O) groups excluding carboxylic acids is 1. The van der Waals surface area contributed by atoms with Crippen LogP contribution >= 0.6 is 15.9 Å². The predicted molar refractivity (Wildman–Crippen MR) is 106 cm³/mol. The van der Waals surface area contributed by atoms with Gasteiger partial charge in [-0.2, -0.15) is 4.98 Å². The van der Waals surface area contributed by atoms with Crippen molar-refractivity contribution in [1.29, 1.82) is 0 Å². The zero-order chi connectivity index (χ0) is 19.1. The normalized spacial score (nSPS) is 15.8. The molecule has 2 aromatic carbocycles. The van der Waals surface area contributed by atoms with Gasteiger partial charge in [-0.05, 0) is 22.3 Å². The molecule has 2 heterocycles. The van der Waals surface area contributed by atoms with Crippen molar-refractivity contribution >= 4 is 22.0 Å². The first kappa shape index (κ1) is 17.4. The number of halogens is 1. The van der Waals surface area contributed by atoms with Crippen LogP contribution in [0, 0.1) is 0 Å². The predicted octanol–water partition coefficient (Wildman–Crippen LogP) is 4.31. The van der Waals surface area contributed by atoms with Crippen molar-refractivity contribution in [3.8, 4) is 11.1 Å². The van der Waals surface area contributed by atoms with E-state index in [2.05, 4.69) is 50.3 Å². The van der Waals surface area contributed by atoms with Gasteiger partial charge in [0.1, 0.15) is 6.61 Å². The Labute approximate surface area is 170 Å². The van der Waals surface area contributed by atoms with Crippen LogP contribution in [0.1, 0.15) is 34.7 Å². The molecule has 5 rings (SSSR count). The fourth-order valence-electron chi connectivity index (χ4n) is 3.96. The number of likely N-dealkylation sites (tertiary alicyclic amines) is 1. The fourth-order valence-corrected chi connectivity index (χ4v) is 4.19. The van der Waals surface area contributed by atoms with Crippen molar-refractivity contribution in [2.45, 2.75) is 17.2 Å². The molecule has 1 fully saturated rings. The first-order valence-electron chi connectivity index (χ1n) is 9.23. The SMILES string of the molecule is O=C(OCC1c2ccccc2-c2ccccc21)N1CC(c2noc(CBr)n2)C1. The number of nitrogens with zero attached hydrogens (tertiary/aromatic N) is 3. The van der Waals surface area contributed by atoms with E-state index < -0.39 is 0 Å². The summed E-state index contributed by atoms with van der Waals surface area (Å²) in [5.41, 5.74) is 4.88. The first-order chi connectivity index (χ1) is 13.7. The van der Waals surface area contributed by atoms with Crippen LogP contribution in [0.5, 0.6) is 0 Å². The number of hydrogen-bond acceptors (Lipinski definition) is 5. The van der Waals surface area contributed by atoms with E-state index >= 15 is 0 Å². The number of ether oxygens (including phenoxy) is 1. The van der Waals surface area contributed by atoms with Gasteiger partial charge in [0, 0.05) is 19.0 Å². The van der Waals surface area contributed by atoms with E-state index in [1.54, 1.807) is 4.90 Å². The highest BCUT2D eigenvalue weighted by Gasteiger charge is 2.37. The van der Waals surface area contributed by atoms with Crippen molar-refractivity contribution in [2.24, 2.45) is 0 Å². The highest BCUT2D eigenvalue weighted by molar-refractivity contribution is 9.08. The number of alkyl halides is 1. The van der Waals surface area contributed by atoms with E-state index in [4.69, 9.17) is 9.26 Å². The maximum atomic E-state index is 12.5. The number of amides is 1. The minimum atomic E-state index is -0.290. The molecule has 1 saturated heterocycles. The highest BCUT2D eigenvalue weighted by atomic mass is 79.9. The zero-order valence-corrected chi connectivity index (χ0v) is 16.6. The number of fused-ring (bicyclic) bond motifs is 3. The maximum absolute atomic E-state index is 12.5. The van der Waals surface area contributed by atoms with Crippen LogP contribution in [0.3, 0.4) is 0 Å². The molecule has 0 saturated carbocycles. The number of carbonyl (C=O) groups is 1. The smallest absolute Gasteiger partial charge is 0.409 e. The van der Waals surface area contributed by atoms with E-state index in [0.717, 1.165) is 0 Å². The lowest BCUT2D eigenvalue weighted by atomic mass is 9.98. The van der Waals surface area contributed by atoms with Gasteiger partial charge in [0.15, 0.2) is 5.82 Å². The minimum Gasteiger partial charge on any atom is -0.448 e. The molecule has 0 atom stereocenters. The number of benzene rings is 2. The number of hydrogen-bond donors (Lipinski definition) is 0. The summed E-state index contributed by atoms with van der Waals surface area (Å²) in [6, 6.07) is 16.6. The highest BCUT2D eigenvalue weighted by Crippen LogP contribution is 2.44. The van der Waals surface area contributed by atoms with E-state index in [-0.39, 0.29) is 17.9 Å². The van der Waals surface area contributed by atoms with Crippen LogP contribution in [0.25, 0.3) is 11.1 Å². The molecule has 0 N–H and O–H groups in total. The van der Waals surface area contributed by atoms with Gasteiger partial charge in [-0.25, -0.2) is 4.79 Å². The third-order valence-electron chi connectivity index (χ3n) is 5.44.